The van der Waals surface area contributed by atoms with Crippen LogP contribution in [-0.4, -0.2) is 50.5 Å². The minimum Gasteiger partial charge on any atom is -0.497 e. The minimum atomic E-state index is 0.240. The van der Waals surface area contributed by atoms with Gasteiger partial charge >= 0.3 is 0 Å². The molecule has 110 valence electrons. The molecule has 2 aliphatic heterocycles. The molecule has 20 heavy (non-hydrogen) atoms. The number of hydrogen-bond acceptors (Lipinski definition) is 4. The molecule has 3 rings (SSSR count). The van der Waals surface area contributed by atoms with Crippen LogP contribution in [0.25, 0.3) is 0 Å². The van der Waals surface area contributed by atoms with E-state index in [1.165, 1.54) is 12.0 Å². The topological polar surface area (TPSA) is 30.9 Å². The van der Waals surface area contributed by atoms with Gasteiger partial charge in [-0.3, -0.25) is 4.90 Å². The number of rotatable bonds is 4. The van der Waals surface area contributed by atoms with E-state index in [1.54, 1.807) is 7.11 Å². The van der Waals surface area contributed by atoms with Gasteiger partial charge in [0.1, 0.15) is 5.75 Å². The van der Waals surface area contributed by atoms with Crippen LogP contribution in [0.1, 0.15) is 18.4 Å². The molecule has 2 atom stereocenters. The van der Waals surface area contributed by atoms with Crippen LogP contribution < -0.4 is 4.74 Å². The van der Waals surface area contributed by atoms with Crippen molar-refractivity contribution < 1.29 is 14.2 Å². The highest BCUT2D eigenvalue weighted by atomic mass is 16.5. The molecule has 2 aliphatic rings. The van der Waals surface area contributed by atoms with E-state index in [0.29, 0.717) is 6.10 Å². The fraction of sp³-hybridized carbons (Fsp3) is 0.625. The van der Waals surface area contributed by atoms with Gasteiger partial charge in [-0.05, 0) is 30.5 Å². The summed E-state index contributed by atoms with van der Waals surface area (Å²) in [7, 11) is 1.70. The minimum absolute atomic E-state index is 0.240. The van der Waals surface area contributed by atoms with E-state index < -0.39 is 0 Å². The molecule has 0 aromatic heterocycles. The van der Waals surface area contributed by atoms with Crippen molar-refractivity contribution in [2.75, 3.05) is 33.4 Å². The second kappa shape index (κ2) is 6.57. The number of morpholine rings is 1. The van der Waals surface area contributed by atoms with Gasteiger partial charge < -0.3 is 14.2 Å². The lowest BCUT2D eigenvalue weighted by Gasteiger charge is -2.35. The van der Waals surface area contributed by atoms with Crippen LogP contribution in [0, 0.1) is 0 Å². The molecule has 0 radical (unpaired) electrons. The Labute approximate surface area is 120 Å². The van der Waals surface area contributed by atoms with Crippen molar-refractivity contribution in [3.63, 3.8) is 0 Å². The van der Waals surface area contributed by atoms with Crippen molar-refractivity contribution in [2.24, 2.45) is 0 Å². The monoisotopic (exact) mass is 277 g/mol. The SMILES string of the molecule is COc1ccc(CN2CCOC(C3CCCO3)C2)cc1. The molecule has 1 aromatic carbocycles. The van der Waals surface area contributed by atoms with E-state index in [-0.39, 0.29) is 6.10 Å². The highest BCUT2D eigenvalue weighted by Crippen LogP contribution is 2.22. The van der Waals surface area contributed by atoms with E-state index in [9.17, 15) is 0 Å². The molecule has 2 fully saturated rings. The van der Waals surface area contributed by atoms with Crippen molar-refractivity contribution in [1.82, 2.24) is 4.90 Å². The first-order valence-electron chi connectivity index (χ1n) is 7.43. The van der Waals surface area contributed by atoms with E-state index in [1.807, 2.05) is 12.1 Å². The Bertz CT molecular complexity index is 414. The van der Waals surface area contributed by atoms with Crippen LogP contribution in [0.5, 0.6) is 5.75 Å². The smallest absolute Gasteiger partial charge is 0.118 e. The first kappa shape index (κ1) is 13.9. The van der Waals surface area contributed by atoms with Crippen molar-refractivity contribution in [1.29, 1.82) is 0 Å². The summed E-state index contributed by atoms with van der Waals surface area (Å²) in [6, 6.07) is 8.31. The van der Waals surface area contributed by atoms with Crippen LogP contribution in [-0.2, 0) is 16.0 Å². The summed E-state index contributed by atoms with van der Waals surface area (Å²) in [6.07, 6.45) is 2.85. The van der Waals surface area contributed by atoms with Gasteiger partial charge in [0.05, 0.1) is 25.9 Å². The molecular weight excluding hydrogens is 254 g/mol. The zero-order valence-corrected chi connectivity index (χ0v) is 12.1. The second-order valence-corrected chi connectivity index (χ2v) is 5.54. The van der Waals surface area contributed by atoms with Gasteiger partial charge in [-0.2, -0.15) is 0 Å². The van der Waals surface area contributed by atoms with E-state index in [4.69, 9.17) is 14.2 Å². The number of benzene rings is 1. The van der Waals surface area contributed by atoms with Gasteiger partial charge in [-0.25, -0.2) is 0 Å². The largest absolute Gasteiger partial charge is 0.497 e. The first-order chi connectivity index (χ1) is 9.85. The second-order valence-electron chi connectivity index (χ2n) is 5.54. The third kappa shape index (κ3) is 3.32. The highest BCUT2D eigenvalue weighted by molar-refractivity contribution is 5.27. The third-order valence-corrected chi connectivity index (χ3v) is 4.12. The van der Waals surface area contributed by atoms with Crippen molar-refractivity contribution in [2.45, 2.75) is 31.6 Å². The number of hydrogen-bond donors (Lipinski definition) is 0. The quantitative estimate of drug-likeness (QED) is 0.843. The molecule has 4 nitrogen and oxygen atoms in total. The van der Waals surface area contributed by atoms with Crippen LogP contribution >= 0.6 is 0 Å². The van der Waals surface area contributed by atoms with Gasteiger partial charge in [0, 0.05) is 26.2 Å². The summed E-state index contributed by atoms with van der Waals surface area (Å²) in [6.45, 7) is 4.63. The Kier molecular flexibility index (Phi) is 4.55. The van der Waals surface area contributed by atoms with Crippen molar-refractivity contribution in [3.05, 3.63) is 29.8 Å². The normalized spacial score (nSPS) is 27.6. The van der Waals surface area contributed by atoms with Gasteiger partial charge in [0.15, 0.2) is 0 Å². The molecule has 1 aromatic rings. The maximum Gasteiger partial charge on any atom is 0.118 e. The Balaban J connectivity index is 1.56. The predicted molar refractivity (Wildman–Crippen MR) is 77.0 cm³/mol. The summed E-state index contributed by atoms with van der Waals surface area (Å²) < 4.78 is 16.8. The summed E-state index contributed by atoms with van der Waals surface area (Å²) in [5, 5.41) is 0. The van der Waals surface area contributed by atoms with E-state index >= 15 is 0 Å². The zero-order valence-electron chi connectivity index (χ0n) is 12.1. The number of ether oxygens (including phenoxy) is 3. The molecule has 0 aliphatic carbocycles. The molecule has 0 spiro atoms. The summed E-state index contributed by atoms with van der Waals surface area (Å²) in [4.78, 5) is 2.46. The first-order valence-corrected chi connectivity index (χ1v) is 7.43. The molecule has 2 heterocycles. The molecule has 2 unspecified atom stereocenters. The Morgan fingerprint density at radius 3 is 2.65 bits per heavy atom. The fourth-order valence-electron chi connectivity index (χ4n) is 2.99. The Hall–Kier alpha value is -1.10. The predicted octanol–water partition coefficient (Wildman–Crippen LogP) is 2.08. The van der Waals surface area contributed by atoms with Gasteiger partial charge in [0.2, 0.25) is 0 Å². The molecule has 0 saturated carbocycles. The van der Waals surface area contributed by atoms with E-state index in [0.717, 1.165) is 45.0 Å². The lowest BCUT2D eigenvalue weighted by Crippen LogP contribution is -2.47. The Morgan fingerprint density at radius 2 is 1.95 bits per heavy atom. The molecule has 2 saturated heterocycles. The average molecular weight is 277 g/mol. The third-order valence-electron chi connectivity index (χ3n) is 4.12. The summed E-state index contributed by atoms with van der Waals surface area (Å²) >= 11 is 0. The summed E-state index contributed by atoms with van der Waals surface area (Å²) in [5.74, 6) is 0.910. The Morgan fingerprint density at radius 1 is 1.15 bits per heavy atom. The molecular formula is C16H23NO3. The number of methoxy groups -OCH3 is 1. The lowest BCUT2D eigenvalue weighted by molar-refractivity contribution is -0.0959. The zero-order chi connectivity index (χ0) is 13.8. The molecule has 0 amide bonds. The molecule has 0 bridgehead atoms. The van der Waals surface area contributed by atoms with Gasteiger partial charge in [-0.15, -0.1) is 0 Å². The molecule has 0 N–H and O–H groups in total. The summed E-state index contributed by atoms with van der Waals surface area (Å²) in [5.41, 5.74) is 1.32. The standard InChI is InChI=1S/C16H23NO3/c1-18-14-6-4-13(5-7-14)11-17-8-10-20-16(12-17)15-3-2-9-19-15/h4-7,15-16H,2-3,8-12H2,1H3. The van der Waals surface area contributed by atoms with Crippen LogP contribution in [0.3, 0.4) is 0 Å². The van der Waals surface area contributed by atoms with Crippen molar-refractivity contribution in [3.8, 4) is 5.75 Å². The van der Waals surface area contributed by atoms with Gasteiger partial charge in [-0.1, -0.05) is 12.1 Å². The van der Waals surface area contributed by atoms with Crippen LogP contribution in [0.15, 0.2) is 24.3 Å². The van der Waals surface area contributed by atoms with Crippen LogP contribution in [0.4, 0.5) is 0 Å². The average Bonchev–Trinajstić information content (AvgIpc) is 3.03. The lowest BCUT2D eigenvalue weighted by atomic mass is 10.1. The highest BCUT2D eigenvalue weighted by Gasteiger charge is 2.30. The van der Waals surface area contributed by atoms with Gasteiger partial charge in [0.25, 0.3) is 0 Å². The molecule has 4 heteroatoms. The van der Waals surface area contributed by atoms with Crippen molar-refractivity contribution >= 4 is 0 Å². The number of nitrogens with zero attached hydrogens (tertiary/aromatic N) is 1. The van der Waals surface area contributed by atoms with Crippen LogP contribution in [0.2, 0.25) is 0 Å². The maximum absolute atomic E-state index is 5.88. The fourth-order valence-corrected chi connectivity index (χ4v) is 2.99. The van der Waals surface area contributed by atoms with E-state index in [2.05, 4.69) is 17.0 Å². The maximum atomic E-state index is 5.88.